The number of benzene rings is 1. The molecular formula is C13H19FN3O2+. The topological polar surface area (TPSA) is 62.6 Å². The Bertz CT molecular complexity index is 465. The third-order valence-corrected chi connectivity index (χ3v) is 3.02. The van der Waals surface area contributed by atoms with Crippen molar-refractivity contribution in [3.8, 4) is 0 Å². The minimum Gasteiger partial charge on any atom is -0.341 e. The van der Waals surface area contributed by atoms with Crippen molar-refractivity contribution in [2.75, 3.05) is 14.1 Å². The standard InChI is InChI=1S/C13H18FN3O2/c1-9(12(18)16-13(19)15-2)17(3)8-10-6-4-5-7-11(10)14/h4-7,9H,8H2,1-3H3,(H2,15,16,18,19)/p+1/t9-/m0/s1. The van der Waals surface area contributed by atoms with Crippen LogP contribution in [0.4, 0.5) is 9.18 Å². The Labute approximate surface area is 111 Å². The van der Waals surface area contributed by atoms with Gasteiger partial charge in [-0.15, -0.1) is 0 Å². The molecule has 6 heteroatoms. The van der Waals surface area contributed by atoms with Gasteiger partial charge in [-0.25, -0.2) is 9.18 Å². The number of hydrogen-bond donors (Lipinski definition) is 3. The van der Waals surface area contributed by atoms with Crippen molar-refractivity contribution in [3.63, 3.8) is 0 Å². The van der Waals surface area contributed by atoms with Gasteiger partial charge in [-0.2, -0.15) is 0 Å². The number of urea groups is 1. The highest BCUT2D eigenvalue weighted by atomic mass is 19.1. The largest absolute Gasteiger partial charge is 0.341 e. The van der Waals surface area contributed by atoms with Crippen molar-refractivity contribution < 1.29 is 18.9 Å². The van der Waals surface area contributed by atoms with Gasteiger partial charge in [0.15, 0.2) is 6.04 Å². The normalized spacial score (nSPS) is 13.5. The number of imide groups is 1. The van der Waals surface area contributed by atoms with Gasteiger partial charge < -0.3 is 10.2 Å². The van der Waals surface area contributed by atoms with E-state index in [0.29, 0.717) is 12.1 Å². The molecule has 2 atom stereocenters. The minimum atomic E-state index is -0.546. The predicted molar refractivity (Wildman–Crippen MR) is 69.1 cm³/mol. The summed E-state index contributed by atoms with van der Waals surface area (Å²) in [6.45, 7) is 2.06. The van der Waals surface area contributed by atoms with Gasteiger partial charge in [0.2, 0.25) is 0 Å². The summed E-state index contributed by atoms with van der Waals surface area (Å²) >= 11 is 0. The van der Waals surface area contributed by atoms with Crippen LogP contribution in [0.15, 0.2) is 24.3 Å². The van der Waals surface area contributed by atoms with Gasteiger partial charge in [0.1, 0.15) is 12.4 Å². The Morgan fingerprint density at radius 2 is 2.00 bits per heavy atom. The summed E-state index contributed by atoms with van der Waals surface area (Å²) in [5.74, 6) is -0.686. The molecule has 0 saturated carbocycles. The first-order chi connectivity index (χ1) is 8.95. The van der Waals surface area contributed by atoms with E-state index in [1.165, 1.54) is 13.1 Å². The zero-order valence-electron chi connectivity index (χ0n) is 11.3. The number of carbonyl (C=O) groups is 2. The molecule has 0 spiro atoms. The minimum absolute atomic E-state index is 0.291. The molecule has 5 nitrogen and oxygen atoms in total. The lowest BCUT2D eigenvalue weighted by Crippen LogP contribution is -3.12. The van der Waals surface area contributed by atoms with Crippen LogP contribution in [0.1, 0.15) is 12.5 Å². The van der Waals surface area contributed by atoms with Crippen molar-refractivity contribution in [2.24, 2.45) is 0 Å². The molecule has 0 aliphatic rings. The van der Waals surface area contributed by atoms with E-state index in [0.717, 1.165) is 4.90 Å². The van der Waals surface area contributed by atoms with Gasteiger partial charge in [-0.3, -0.25) is 10.1 Å². The number of nitrogens with one attached hydrogen (secondary N) is 3. The molecule has 1 aromatic carbocycles. The average molecular weight is 268 g/mol. The second-order valence-corrected chi connectivity index (χ2v) is 4.40. The summed E-state index contributed by atoms with van der Waals surface area (Å²) in [6.07, 6.45) is 0. The molecule has 0 heterocycles. The second kappa shape index (κ2) is 6.84. The van der Waals surface area contributed by atoms with Crippen molar-refractivity contribution in [1.82, 2.24) is 10.6 Å². The molecule has 19 heavy (non-hydrogen) atoms. The van der Waals surface area contributed by atoms with Crippen LogP contribution in [0.3, 0.4) is 0 Å². The number of halogens is 1. The predicted octanol–water partition coefficient (Wildman–Crippen LogP) is -0.315. The van der Waals surface area contributed by atoms with Crippen LogP contribution in [0, 0.1) is 5.82 Å². The first-order valence-corrected chi connectivity index (χ1v) is 6.04. The molecule has 1 aromatic rings. The Morgan fingerprint density at radius 1 is 1.37 bits per heavy atom. The van der Waals surface area contributed by atoms with Crippen LogP contribution >= 0.6 is 0 Å². The monoisotopic (exact) mass is 268 g/mol. The number of carbonyl (C=O) groups excluding carboxylic acids is 2. The van der Waals surface area contributed by atoms with Crippen LogP contribution < -0.4 is 15.5 Å². The summed E-state index contributed by atoms with van der Waals surface area (Å²) < 4.78 is 13.5. The molecule has 3 N–H and O–H groups in total. The first-order valence-electron chi connectivity index (χ1n) is 6.04. The molecule has 0 aliphatic carbocycles. The molecule has 0 saturated heterocycles. The van der Waals surface area contributed by atoms with Gasteiger partial charge in [-0.1, -0.05) is 18.2 Å². The Balaban J connectivity index is 2.62. The van der Waals surface area contributed by atoms with Gasteiger partial charge in [0, 0.05) is 12.6 Å². The van der Waals surface area contributed by atoms with E-state index in [4.69, 9.17) is 0 Å². The SMILES string of the molecule is CNC(=O)NC(=O)[C@H](C)[NH+](C)Cc1ccccc1F. The maximum absolute atomic E-state index is 13.5. The highest BCUT2D eigenvalue weighted by molar-refractivity contribution is 5.96. The van der Waals surface area contributed by atoms with Gasteiger partial charge in [-0.05, 0) is 13.0 Å². The number of hydrogen-bond acceptors (Lipinski definition) is 2. The van der Waals surface area contributed by atoms with E-state index in [1.807, 2.05) is 0 Å². The fraction of sp³-hybridized carbons (Fsp3) is 0.385. The molecule has 1 rings (SSSR count). The first kappa shape index (κ1) is 15.1. The molecule has 0 bridgehead atoms. The second-order valence-electron chi connectivity index (χ2n) is 4.40. The lowest BCUT2D eigenvalue weighted by atomic mass is 10.1. The van der Waals surface area contributed by atoms with Crippen molar-refractivity contribution in [1.29, 1.82) is 0 Å². The third kappa shape index (κ3) is 4.33. The summed E-state index contributed by atoms with van der Waals surface area (Å²) in [5.41, 5.74) is 0.541. The molecule has 0 fully saturated rings. The fourth-order valence-corrected chi connectivity index (χ4v) is 1.60. The molecule has 0 aromatic heterocycles. The lowest BCUT2D eigenvalue weighted by Gasteiger charge is -2.20. The van der Waals surface area contributed by atoms with Gasteiger partial charge in [0.05, 0.1) is 7.05 Å². The van der Waals surface area contributed by atoms with Crippen molar-refractivity contribution >= 4 is 11.9 Å². The summed E-state index contributed by atoms with van der Waals surface area (Å²) in [7, 11) is 3.21. The third-order valence-electron chi connectivity index (χ3n) is 3.02. The van der Waals surface area contributed by atoms with Gasteiger partial charge in [0.25, 0.3) is 5.91 Å². The number of amides is 3. The quantitative estimate of drug-likeness (QED) is 0.701. The van der Waals surface area contributed by atoms with Crippen LogP contribution in [-0.2, 0) is 11.3 Å². The van der Waals surface area contributed by atoms with Crippen molar-refractivity contribution in [2.45, 2.75) is 19.5 Å². The highest BCUT2D eigenvalue weighted by Crippen LogP contribution is 2.04. The van der Waals surface area contributed by atoms with Crippen LogP contribution in [0.25, 0.3) is 0 Å². The fourth-order valence-electron chi connectivity index (χ4n) is 1.60. The van der Waals surface area contributed by atoms with Crippen molar-refractivity contribution in [3.05, 3.63) is 35.6 Å². The van der Waals surface area contributed by atoms with E-state index in [2.05, 4.69) is 10.6 Å². The van der Waals surface area contributed by atoms with Crippen LogP contribution in [-0.4, -0.2) is 32.1 Å². The lowest BCUT2D eigenvalue weighted by molar-refractivity contribution is -0.908. The van der Waals surface area contributed by atoms with E-state index in [1.54, 1.807) is 32.2 Å². The Hall–Kier alpha value is -1.95. The maximum atomic E-state index is 13.5. The number of rotatable bonds is 4. The average Bonchev–Trinajstić information content (AvgIpc) is 2.40. The number of quaternary nitrogens is 1. The highest BCUT2D eigenvalue weighted by Gasteiger charge is 2.23. The van der Waals surface area contributed by atoms with E-state index in [9.17, 15) is 14.0 Å². The van der Waals surface area contributed by atoms with Crippen LogP contribution in [0.2, 0.25) is 0 Å². The maximum Gasteiger partial charge on any atom is 0.321 e. The molecule has 1 unspecified atom stereocenters. The molecule has 104 valence electrons. The zero-order chi connectivity index (χ0) is 14.4. The zero-order valence-corrected chi connectivity index (χ0v) is 11.3. The summed E-state index contributed by atoms with van der Waals surface area (Å²) in [4.78, 5) is 23.6. The molecule has 0 aliphatic heterocycles. The Kier molecular flexibility index (Phi) is 5.44. The summed E-state index contributed by atoms with van der Waals surface area (Å²) in [6, 6.07) is 5.43. The van der Waals surface area contributed by atoms with E-state index >= 15 is 0 Å². The summed E-state index contributed by atoms with van der Waals surface area (Å²) in [5, 5.41) is 4.52. The van der Waals surface area contributed by atoms with E-state index in [-0.39, 0.29) is 5.82 Å². The van der Waals surface area contributed by atoms with E-state index < -0.39 is 18.0 Å². The smallest absolute Gasteiger partial charge is 0.321 e. The number of likely N-dealkylation sites (N-methyl/N-ethyl adjacent to an activating group) is 1. The molecule has 0 radical (unpaired) electrons. The van der Waals surface area contributed by atoms with Crippen LogP contribution in [0.5, 0.6) is 0 Å². The molecular weight excluding hydrogens is 249 g/mol. The molecule has 3 amide bonds. The Morgan fingerprint density at radius 3 is 2.58 bits per heavy atom. The van der Waals surface area contributed by atoms with Gasteiger partial charge >= 0.3 is 6.03 Å².